The molecular weight excluding hydrogens is 1940 g/mol. The van der Waals surface area contributed by atoms with Gasteiger partial charge in [-0.15, -0.1) is 0 Å². The van der Waals surface area contributed by atoms with E-state index >= 15 is 0 Å². The second-order valence-corrected chi connectivity index (χ2v) is 49.7. The highest BCUT2D eigenvalue weighted by molar-refractivity contribution is 5.76. The number of ether oxygens (including phenoxy) is 12. The molecule has 0 saturated carbocycles. The second kappa shape index (κ2) is 51.2. The van der Waals surface area contributed by atoms with Crippen LogP contribution in [0.4, 0.5) is 81.3 Å². The van der Waals surface area contributed by atoms with Crippen LogP contribution in [0.25, 0.3) is 22.8 Å². The number of carbonyl (C=O) groups is 12. The third kappa shape index (κ3) is 45.1. The van der Waals surface area contributed by atoms with E-state index in [0.717, 1.165) is 0 Å². The monoisotopic (exact) mass is 2120 g/mol. The predicted octanol–water partition coefficient (Wildman–Crippen LogP) is 15.5. The summed E-state index contributed by atoms with van der Waals surface area (Å²) in [7, 11) is 0. The van der Waals surface area contributed by atoms with Gasteiger partial charge >= 0.3 is 73.1 Å². The number of rotatable bonds is 6. The molecule has 4 aliphatic rings. The van der Waals surface area contributed by atoms with Gasteiger partial charge < -0.3 is 135 Å². The first kappa shape index (κ1) is 125. The first-order valence-electron chi connectivity index (χ1n) is 52.1. The highest BCUT2D eigenvalue weighted by Gasteiger charge is 2.40. The van der Waals surface area contributed by atoms with Gasteiger partial charge in [0.2, 0.25) is 23.8 Å². The number of carbonyl (C=O) groups excluding carboxylic acids is 12. The van der Waals surface area contributed by atoms with Crippen LogP contribution < -0.4 is 19.6 Å². The standard InChI is InChI=1S/C104H176N22O24/c1-93(2,3)139-81(127)115-49-41-111(42-50-116(82(128)140-94(4,5)6)58-66-123(65-57-115)89(135)147-101(25,26)27)77-105-75(106-78(109-77)112-43-51-117(83(129)141-95(7,8)9)59-67-124(90(136)148-102(28,29)30)68-60-118(52-44-112)84(130)142-96(10,11)12)73-37-39-74(40-38-73)76-107-79(113-45-53-119(85(131)143-97(13,14)15)61-69-125(91(137)149-103(31,32)33)70-62-120(54-46-113)86(132)144-98(16,17)18)110-80(108-76)114-47-55-121(87(133)145-99(19,20)21)63-71-126(92(138)150-104(34,35)36)72-64-122(56-48-114)88(134)146-100(22,23)24/h37-40H,41-72H2,1-36H3. The molecule has 2 aromatic heterocycles. The molecule has 0 aliphatic carbocycles. The van der Waals surface area contributed by atoms with Crippen molar-refractivity contribution >= 4 is 96.9 Å². The van der Waals surface area contributed by atoms with E-state index in [1.165, 1.54) is 58.8 Å². The van der Waals surface area contributed by atoms with E-state index in [1.54, 1.807) is 293 Å². The zero-order valence-electron chi connectivity index (χ0n) is 96.6. The van der Waals surface area contributed by atoms with Gasteiger partial charge in [-0.25, -0.2) is 57.5 Å². The molecule has 46 nitrogen and oxygen atoms in total. The summed E-state index contributed by atoms with van der Waals surface area (Å²) in [6, 6.07) is 6.91. The zero-order chi connectivity index (χ0) is 113. The second-order valence-electron chi connectivity index (χ2n) is 49.7. The lowest BCUT2D eigenvalue weighted by Gasteiger charge is -2.36. The van der Waals surface area contributed by atoms with Gasteiger partial charge in [0.25, 0.3) is 0 Å². The summed E-state index contributed by atoms with van der Waals surface area (Å²) in [5, 5.41) is 0. The topological polar surface area (TPSA) is 445 Å². The Morgan fingerprint density at radius 3 is 0.327 bits per heavy atom. The zero-order valence-corrected chi connectivity index (χ0v) is 96.6. The number of hydrogen-bond donors (Lipinski definition) is 0. The number of amides is 12. The van der Waals surface area contributed by atoms with Crippen molar-refractivity contribution in [2.75, 3.05) is 229 Å². The van der Waals surface area contributed by atoms with Crippen LogP contribution in [-0.4, -0.2) is 438 Å². The van der Waals surface area contributed by atoms with Crippen molar-refractivity contribution in [2.45, 2.75) is 316 Å². The van der Waals surface area contributed by atoms with Crippen molar-refractivity contribution < 1.29 is 114 Å². The van der Waals surface area contributed by atoms with Crippen LogP contribution in [0.15, 0.2) is 24.3 Å². The smallest absolute Gasteiger partial charge is 0.410 e. The van der Waals surface area contributed by atoms with E-state index in [1.807, 2.05) is 0 Å². The third-order valence-corrected chi connectivity index (χ3v) is 21.8. The molecule has 1 aromatic carbocycles. The maximum absolute atomic E-state index is 14.8. The van der Waals surface area contributed by atoms with Crippen LogP contribution in [0, 0.1) is 0 Å². The van der Waals surface area contributed by atoms with Gasteiger partial charge in [0, 0.05) is 221 Å². The Morgan fingerprint density at radius 1 is 0.153 bits per heavy atom. The third-order valence-electron chi connectivity index (χ3n) is 21.8. The van der Waals surface area contributed by atoms with Gasteiger partial charge in [0.1, 0.15) is 67.2 Å². The highest BCUT2D eigenvalue weighted by Crippen LogP contribution is 2.32. The Bertz CT molecular complexity index is 4270. The first-order chi connectivity index (χ1) is 68.7. The van der Waals surface area contributed by atoms with Crippen LogP contribution in [-0.2, 0) is 56.8 Å². The maximum atomic E-state index is 14.8. The fourth-order valence-electron chi connectivity index (χ4n) is 14.9. The van der Waals surface area contributed by atoms with E-state index in [0.29, 0.717) is 11.1 Å². The molecule has 4 aliphatic heterocycles. The van der Waals surface area contributed by atoms with Crippen molar-refractivity contribution in [2.24, 2.45) is 0 Å². The van der Waals surface area contributed by atoms with Gasteiger partial charge in [-0.05, 0) is 249 Å². The molecule has 150 heavy (non-hydrogen) atoms. The lowest BCUT2D eigenvalue weighted by molar-refractivity contribution is 0.00792. The van der Waals surface area contributed by atoms with E-state index in [9.17, 15) is 57.5 Å². The summed E-state index contributed by atoms with van der Waals surface area (Å²) in [6.45, 7) is 59.8. The molecule has 0 spiro atoms. The van der Waals surface area contributed by atoms with Crippen LogP contribution >= 0.6 is 0 Å². The molecule has 46 heteroatoms. The van der Waals surface area contributed by atoms with Crippen molar-refractivity contribution in [3.63, 3.8) is 0 Å². The van der Waals surface area contributed by atoms with Crippen molar-refractivity contribution in [1.82, 2.24) is 88.7 Å². The van der Waals surface area contributed by atoms with E-state index < -0.39 is 140 Å². The van der Waals surface area contributed by atoms with Crippen molar-refractivity contribution in [1.29, 1.82) is 0 Å². The minimum Gasteiger partial charge on any atom is -0.444 e. The lowest BCUT2D eigenvalue weighted by atomic mass is 10.1. The average Bonchev–Trinajstić information content (AvgIpc) is 0.790. The fraction of sp³-hybridized carbons (Fsp3) is 0.769. The Balaban J connectivity index is 1.60. The van der Waals surface area contributed by atoms with E-state index in [-0.39, 0.29) is 245 Å². The predicted molar refractivity (Wildman–Crippen MR) is 567 cm³/mol. The summed E-state index contributed by atoms with van der Waals surface area (Å²) in [6.07, 6.45) is -8.45. The van der Waals surface area contributed by atoms with Gasteiger partial charge in [-0.3, -0.25) is 0 Å². The number of hydrogen-bond acceptors (Lipinski definition) is 34. The number of aromatic nitrogens is 6. The van der Waals surface area contributed by atoms with Crippen LogP contribution in [0.1, 0.15) is 249 Å². The van der Waals surface area contributed by atoms with Gasteiger partial charge in [0.05, 0.1) is 0 Å². The number of nitrogens with zero attached hydrogens (tertiary/aromatic N) is 22. The van der Waals surface area contributed by atoms with Crippen molar-refractivity contribution in [3.05, 3.63) is 24.3 Å². The number of anilines is 4. The maximum Gasteiger partial charge on any atom is 0.410 e. The Kier molecular flexibility index (Phi) is 42.5. The molecule has 6 heterocycles. The van der Waals surface area contributed by atoms with Gasteiger partial charge in [-0.1, -0.05) is 24.3 Å². The Labute approximate surface area is 888 Å². The molecule has 7 rings (SSSR count). The van der Waals surface area contributed by atoms with Gasteiger partial charge in [-0.2, -0.15) is 29.9 Å². The Morgan fingerprint density at radius 2 is 0.240 bits per heavy atom. The molecule has 0 bridgehead atoms. The lowest BCUT2D eigenvalue weighted by Crippen LogP contribution is -2.52. The highest BCUT2D eigenvalue weighted by atomic mass is 16.6. The molecule has 0 unspecified atom stereocenters. The fourth-order valence-corrected chi connectivity index (χ4v) is 14.9. The SMILES string of the molecule is CC(C)(C)OC(=O)N1CCN(C(=O)OC(C)(C)C)CCN(c2nc(-c3ccc(-c4nc(N5CCN(C(=O)OC(C)(C)C)CCN(C(=O)OC(C)(C)C)CCN(C(=O)OC(C)(C)C)CC5)nc(N5CCN(C(=O)OC(C)(C)C)CCN(C(=O)OC(C)(C)C)CCN(C(=O)OC(C)(C)C)CC5)n4)cc3)nc(N3CCN(C(=O)OC(C)(C)C)CCN(C(=O)OC(C)(C)C)CCN(C(=O)OC(C)(C)C)CC3)n2)CCN(C(=O)OC(C)(C)C)CC1. The first-order valence-corrected chi connectivity index (χ1v) is 52.1. The summed E-state index contributed by atoms with van der Waals surface area (Å²) in [4.78, 5) is 232. The largest absolute Gasteiger partial charge is 0.444 e. The molecule has 0 atom stereocenters. The summed E-state index contributed by atoms with van der Waals surface area (Å²) in [5.74, 6) is 0.0797. The summed E-state index contributed by atoms with van der Waals surface area (Å²) >= 11 is 0. The van der Waals surface area contributed by atoms with Crippen molar-refractivity contribution in [3.8, 4) is 22.8 Å². The molecule has 12 amide bonds. The molecular formula is C104H176N22O24. The minimum absolute atomic E-state index is 0.00231. The van der Waals surface area contributed by atoms with E-state index in [2.05, 4.69) is 0 Å². The molecule has 3 aromatic rings. The molecule has 4 fully saturated rings. The summed E-state index contributed by atoms with van der Waals surface area (Å²) in [5.41, 5.74) is -11.0. The Hall–Kier alpha value is -12.3. The summed E-state index contributed by atoms with van der Waals surface area (Å²) < 4.78 is 72.5. The number of benzene rings is 1. The normalized spacial score (nSPS) is 17.3. The van der Waals surface area contributed by atoms with Gasteiger partial charge in [0.15, 0.2) is 11.6 Å². The average molecular weight is 2120 g/mol. The van der Waals surface area contributed by atoms with Crippen LogP contribution in [0.2, 0.25) is 0 Å². The quantitative estimate of drug-likeness (QED) is 0.207. The molecule has 4 saturated heterocycles. The molecule has 0 N–H and O–H groups in total. The van der Waals surface area contributed by atoms with Crippen LogP contribution in [0.5, 0.6) is 0 Å². The minimum atomic E-state index is -0.997. The van der Waals surface area contributed by atoms with E-state index in [4.69, 9.17) is 86.7 Å². The molecule has 846 valence electrons. The molecule has 0 radical (unpaired) electrons. The van der Waals surface area contributed by atoms with Crippen LogP contribution in [0.3, 0.4) is 0 Å².